The average molecular weight is 311 g/mol. The third-order valence-electron chi connectivity index (χ3n) is 2.25. The second-order valence-corrected chi connectivity index (χ2v) is 6.21. The van der Waals surface area contributed by atoms with Crippen molar-refractivity contribution in [1.82, 2.24) is 9.97 Å². The maximum absolute atomic E-state index is 11.2. The van der Waals surface area contributed by atoms with Gasteiger partial charge >= 0.3 is 5.97 Å². The van der Waals surface area contributed by atoms with Gasteiger partial charge in [-0.1, -0.05) is 0 Å². The smallest absolute Gasteiger partial charge is 0.336 e. The summed E-state index contributed by atoms with van der Waals surface area (Å²) in [6, 6.07) is 5.26. The molecule has 0 radical (unpaired) electrons. The van der Waals surface area contributed by atoms with Crippen molar-refractivity contribution in [2.24, 2.45) is 5.14 Å². The topological polar surface area (TPSA) is 123 Å². The van der Waals surface area contributed by atoms with Crippen LogP contribution in [0.3, 0.4) is 0 Å². The maximum atomic E-state index is 11.2. The van der Waals surface area contributed by atoms with Crippen LogP contribution in [0.2, 0.25) is 0 Å². The van der Waals surface area contributed by atoms with Gasteiger partial charge in [0.05, 0.1) is 10.5 Å². The average Bonchev–Trinajstić information content (AvgIpc) is 2.38. The number of primary sulfonamides is 1. The first-order valence-corrected chi connectivity index (χ1v) is 7.59. The van der Waals surface area contributed by atoms with Gasteiger partial charge in [-0.2, -0.15) is 0 Å². The third-order valence-corrected chi connectivity index (χ3v) is 4.13. The van der Waals surface area contributed by atoms with E-state index in [9.17, 15) is 13.2 Å². The van der Waals surface area contributed by atoms with E-state index < -0.39 is 16.0 Å². The van der Waals surface area contributed by atoms with Crippen LogP contribution in [0.15, 0.2) is 51.6 Å². The summed E-state index contributed by atoms with van der Waals surface area (Å²) in [6.07, 6.45) is 3.04. The van der Waals surface area contributed by atoms with Crippen molar-refractivity contribution in [3.05, 3.63) is 42.2 Å². The number of aromatic nitrogens is 2. The Morgan fingerprint density at radius 1 is 1.25 bits per heavy atom. The molecule has 9 heteroatoms. The summed E-state index contributed by atoms with van der Waals surface area (Å²) in [5.41, 5.74) is -0.172. The van der Waals surface area contributed by atoms with E-state index in [1.807, 2.05) is 0 Å². The normalized spacial score (nSPS) is 11.2. The zero-order chi connectivity index (χ0) is 14.8. The number of benzene rings is 1. The van der Waals surface area contributed by atoms with Crippen LogP contribution in [-0.4, -0.2) is 29.5 Å². The van der Waals surface area contributed by atoms with Crippen molar-refractivity contribution in [3.8, 4) is 0 Å². The summed E-state index contributed by atoms with van der Waals surface area (Å²) in [4.78, 5) is 19.2. The lowest BCUT2D eigenvalue weighted by atomic mass is 10.2. The van der Waals surface area contributed by atoms with Crippen molar-refractivity contribution < 1.29 is 18.3 Å². The number of carboxylic acid groups (broad SMARTS) is 1. The fourth-order valence-corrected chi connectivity index (χ4v) is 2.73. The minimum atomic E-state index is -3.95. The van der Waals surface area contributed by atoms with E-state index in [0.717, 1.165) is 17.8 Å². The number of nitrogens with zero attached hydrogens (tertiary/aromatic N) is 2. The van der Waals surface area contributed by atoms with Crippen molar-refractivity contribution in [3.63, 3.8) is 0 Å². The first-order chi connectivity index (χ1) is 9.38. The molecule has 0 saturated carbocycles. The number of hydrogen-bond acceptors (Lipinski definition) is 6. The Morgan fingerprint density at radius 2 is 1.90 bits per heavy atom. The van der Waals surface area contributed by atoms with Gasteiger partial charge in [0.2, 0.25) is 10.0 Å². The fraction of sp³-hybridized carbons (Fsp3) is 0. The minimum Gasteiger partial charge on any atom is -0.478 e. The van der Waals surface area contributed by atoms with Gasteiger partial charge in [0.15, 0.2) is 5.16 Å². The van der Waals surface area contributed by atoms with Crippen LogP contribution in [0.4, 0.5) is 0 Å². The molecule has 0 aliphatic heterocycles. The molecular weight excluding hydrogens is 302 g/mol. The van der Waals surface area contributed by atoms with Gasteiger partial charge in [0.25, 0.3) is 0 Å². The van der Waals surface area contributed by atoms with Gasteiger partial charge in [-0.3, -0.25) is 0 Å². The standard InChI is InChI=1S/C11H9N3O4S2/c12-20(17,18)7-2-3-9(8(6-7)10(15)16)19-11-13-4-1-5-14-11/h1-6H,(H,15,16)(H2,12,17,18). The fourth-order valence-electron chi connectivity index (χ4n) is 1.38. The van der Waals surface area contributed by atoms with Gasteiger partial charge in [0, 0.05) is 17.3 Å². The molecule has 0 amide bonds. The highest BCUT2D eigenvalue weighted by atomic mass is 32.2. The highest BCUT2D eigenvalue weighted by Crippen LogP contribution is 2.29. The molecule has 0 unspecified atom stereocenters. The van der Waals surface area contributed by atoms with Crippen LogP contribution >= 0.6 is 11.8 Å². The summed E-state index contributed by atoms with van der Waals surface area (Å²) < 4.78 is 22.5. The molecule has 0 aliphatic carbocycles. The van der Waals surface area contributed by atoms with Crippen molar-refractivity contribution in [1.29, 1.82) is 0 Å². The first-order valence-electron chi connectivity index (χ1n) is 5.23. The van der Waals surface area contributed by atoms with Crippen LogP contribution < -0.4 is 5.14 Å². The quantitative estimate of drug-likeness (QED) is 0.806. The van der Waals surface area contributed by atoms with E-state index in [-0.39, 0.29) is 10.5 Å². The van der Waals surface area contributed by atoms with E-state index in [1.165, 1.54) is 24.5 Å². The number of rotatable bonds is 4. The molecule has 0 bridgehead atoms. The van der Waals surface area contributed by atoms with E-state index in [1.54, 1.807) is 6.07 Å². The monoisotopic (exact) mass is 311 g/mol. The summed E-state index contributed by atoms with van der Waals surface area (Å²) in [6.45, 7) is 0. The number of nitrogens with two attached hydrogens (primary N) is 1. The highest BCUT2D eigenvalue weighted by Gasteiger charge is 2.17. The maximum Gasteiger partial charge on any atom is 0.336 e. The number of carboxylic acids is 1. The van der Waals surface area contributed by atoms with Crippen LogP contribution in [0.1, 0.15) is 10.4 Å². The Morgan fingerprint density at radius 3 is 2.45 bits per heavy atom. The Labute approximate surface area is 118 Å². The second kappa shape index (κ2) is 5.57. The van der Waals surface area contributed by atoms with Crippen molar-refractivity contribution in [2.75, 3.05) is 0 Å². The zero-order valence-corrected chi connectivity index (χ0v) is 11.6. The molecule has 2 rings (SSSR count). The lowest BCUT2D eigenvalue weighted by Crippen LogP contribution is -2.13. The molecule has 1 aromatic heterocycles. The van der Waals surface area contributed by atoms with E-state index in [4.69, 9.17) is 10.2 Å². The molecule has 1 heterocycles. The number of hydrogen-bond donors (Lipinski definition) is 2. The molecule has 2 aromatic rings. The van der Waals surface area contributed by atoms with E-state index >= 15 is 0 Å². The molecular formula is C11H9N3O4S2. The number of carbonyl (C=O) groups is 1. The van der Waals surface area contributed by atoms with Gasteiger partial charge in [-0.15, -0.1) is 0 Å². The molecule has 0 spiro atoms. The lowest BCUT2D eigenvalue weighted by Gasteiger charge is -2.06. The van der Waals surface area contributed by atoms with Gasteiger partial charge in [-0.25, -0.2) is 28.3 Å². The number of aromatic carboxylic acids is 1. The van der Waals surface area contributed by atoms with Gasteiger partial charge in [0.1, 0.15) is 0 Å². The van der Waals surface area contributed by atoms with Crippen LogP contribution in [-0.2, 0) is 10.0 Å². The predicted octanol–water partition coefficient (Wildman–Crippen LogP) is 0.973. The van der Waals surface area contributed by atoms with Crippen molar-refractivity contribution >= 4 is 27.8 Å². The lowest BCUT2D eigenvalue weighted by molar-refractivity contribution is 0.0693. The molecule has 104 valence electrons. The molecule has 0 aliphatic rings. The molecule has 1 aromatic carbocycles. The largest absolute Gasteiger partial charge is 0.478 e. The Hall–Kier alpha value is -1.97. The summed E-state index contributed by atoms with van der Waals surface area (Å²) in [7, 11) is -3.95. The molecule has 0 saturated heterocycles. The summed E-state index contributed by atoms with van der Waals surface area (Å²) in [5, 5.41) is 14.5. The van der Waals surface area contributed by atoms with Gasteiger partial charge < -0.3 is 5.11 Å². The third kappa shape index (κ3) is 3.32. The Bertz CT molecular complexity index is 748. The SMILES string of the molecule is NS(=O)(=O)c1ccc(Sc2ncccn2)c(C(=O)O)c1. The van der Waals surface area contributed by atoms with Crippen LogP contribution in [0.5, 0.6) is 0 Å². The molecule has 7 nitrogen and oxygen atoms in total. The van der Waals surface area contributed by atoms with E-state index in [2.05, 4.69) is 9.97 Å². The van der Waals surface area contributed by atoms with Crippen molar-refractivity contribution in [2.45, 2.75) is 14.9 Å². The Kier molecular flexibility index (Phi) is 4.02. The van der Waals surface area contributed by atoms with Crippen LogP contribution in [0, 0.1) is 0 Å². The summed E-state index contributed by atoms with van der Waals surface area (Å²) in [5.74, 6) is -1.26. The van der Waals surface area contributed by atoms with Gasteiger partial charge in [-0.05, 0) is 36.0 Å². The Balaban J connectivity index is 2.46. The molecule has 0 atom stereocenters. The molecule has 3 N–H and O–H groups in total. The second-order valence-electron chi connectivity index (χ2n) is 3.64. The minimum absolute atomic E-state index is 0.172. The predicted molar refractivity (Wildman–Crippen MR) is 70.9 cm³/mol. The first kappa shape index (κ1) is 14.4. The molecule has 0 fully saturated rings. The zero-order valence-electron chi connectivity index (χ0n) is 9.92. The summed E-state index contributed by atoms with van der Waals surface area (Å²) >= 11 is 1.02. The number of sulfonamides is 1. The highest BCUT2D eigenvalue weighted by molar-refractivity contribution is 7.99. The molecule has 20 heavy (non-hydrogen) atoms. The van der Waals surface area contributed by atoms with Crippen LogP contribution in [0.25, 0.3) is 0 Å². The van der Waals surface area contributed by atoms with E-state index in [0.29, 0.717) is 10.1 Å².